The van der Waals surface area contributed by atoms with E-state index in [1.165, 1.54) is 9.80 Å². The smallest absolute Gasteiger partial charge is 0.261 e. The first-order chi connectivity index (χ1) is 33.8. The van der Waals surface area contributed by atoms with Crippen LogP contribution in [0.1, 0.15) is 189 Å². The average molecular weight is 961 g/mol. The molecule has 370 valence electrons. The van der Waals surface area contributed by atoms with E-state index < -0.39 is 21.7 Å². The number of ketones is 2. The van der Waals surface area contributed by atoms with Crippen molar-refractivity contribution < 1.29 is 28.8 Å². The fourth-order valence-corrected chi connectivity index (χ4v) is 13.1. The highest BCUT2D eigenvalue weighted by molar-refractivity contribution is 6.42. The van der Waals surface area contributed by atoms with Crippen LogP contribution in [0, 0.1) is 21.7 Å². The standard InChI is InChI=1S/C64H68N2O6/c1-61(2,3)45-27-33(28-46(55(45)67)62(4,5)6)41-31-43-51-39(57(69)65(59(43)71)35-19-15-13-16-20-35)26-24-38-50-42(34-29-47(63(7,8)9)56(68)48(30-34)64(10,11)12)32-44-52-40(25-23-37(54(50)52)49(41)53(38)51)58(70)66(60(44)72)36-21-17-14-18-22-36/h23-32,35-36H,13-22H2,1-12H3. The maximum absolute atomic E-state index is 15.5. The molecule has 0 unspecified atom stereocenters. The second-order valence-electron chi connectivity index (χ2n) is 25.9. The Morgan fingerprint density at radius 3 is 0.944 bits per heavy atom. The fraction of sp³-hybridized carbons (Fsp3) is 0.438. The SMILES string of the molecule is CC(C)(C)C1=CC(=c2cc3c4c(ccc5c6c(=C7C=C(C(C)(C)C)C(=O)C(C(C)(C)C)=C7)cc7c8c(ccc(c2c45)c86)C(=O)N(C2CCCCC2)C7=O)C(=O)N(C2CCCCC2)C3=O)C=C(C(C)(C)C)C1=O. The van der Waals surface area contributed by atoms with Gasteiger partial charge in [-0.25, -0.2) is 0 Å². The molecule has 2 aliphatic heterocycles. The lowest BCUT2D eigenvalue weighted by molar-refractivity contribution is -0.114. The lowest BCUT2D eigenvalue weighted by atomic mass is 9.71. The summed E-state index contributed by atoms with van der Waals surface area (Å²) >= 11 is 0. The molecule has 4 amide bonds. The summed E-state index contributed by atoms with van der Waals surface area (Å²) in [6, 6.07) is 11.3. The second kappa shape index (κ2) is 16.1. The summed E-state index contributed by atoms with van der Waals surface area (Å²) in [7, 11) is 0. The van der Waals surface area contributed by atoms with Gasteiger partial charge in [0, 0.05) is 67.4 Å². The number of nitrogens with zero attached hydrogens (tertiary/aromatic N) is 2. The summed E-state index contributed by atoms with van der Waals surface area (Å²) in [5.41, 5.74) is 3.88. The monoisotopic (exact) mass is 961 g/mol. The molecule has 5 aromatic carbocycles. The van der Waals surface area contributed by atoms with Crippen LogP contribution in [0.25, 0.3) is 54.2 Å². The molecule has 0 N–H and O–H groups in total. The Labute approximate surface area is 423 Å². The van der Waals surface area contributed by atoms with Gasteiger partial charge in [0.15, 0.2) is 11.6 Å². The molecule has 0 atom stereocenters. The van der Waals surface area contributed by atoms with E-state index >= 15 is 19.2 Å². The Hall–Kier alpha value is -6.28. The van der Waals surface area contributed by atoms with E-state index in [2.05, 4.69) is 83.1 Å². The van der Waals surface area contributed by atoms with Gasteiger partial charge >= 0.3 is 0 Å². The van der Waals surface area contributed by atoms with Crippen LogP contribution in [0.3, 0.4) is 0 Å². The van der Waals surface area contributed by atoms with E-state index in [4.69, 9.17) is 0 Å². The number of carbonyl (C=O) groups excluding carboxylic acids is 6. The van der Waals surface area contributed by atoms with Crippen molar-refractivity contribution in [3.8, 4) is 0 Å². The van der Waals surface area contributed by atoms with E-state index in [0.29, 0.717) is 55.3 Å². The summed E-state index contributed by atoms with van der Waals surface area (Å²) in [4.78, 5) is 93.3. The number of allylic oxidation sites excluding steroid dienone is 8. The van der Waals surface area contributed by atoms with Crippen LogP contribution in [-0.4, -0.2) is 57.1 Å². The first-order valence-electron chi connectivity index (χ1n) is 26.6. The van der Waals surface area contributed by atoms with Crippen LogP contribution in [0.15, 0.2) is 83.0 Å². The quantitative estimate of drug-likeness (QED) is 0.0990. The predicted molar refractivity (Wildman–Crippen MR) is 289 cm³/mol. The third-order valence-electron chi connectivity index (χ3n) is 16.8. The van der Waals surface area contributed by atoms with Crippen LogP contribution in [0.4, 0.5) is 0 Å². The maximum atomic E-state index is 15.5. The number of carbonyl (C=O) groups is 6. The Balaban J connectivity index is 1.41. The number of rotatable bonds is 2. The van der Waals surface area contributed by atoms with E-state index in [9.17, 15) is 9.59 Å². The van der Waals surface area contributed by atoms with Crippen LogP contribution >= 0.6 is 0 Å². The minimum atomic E-state index is -0.529. The van der Waals surface area contributed by atoms with Gasteiger partial charge in [-0.05, 0) is 150 Å². The summed E-state index contributed by atoms with van der Waals surface area (Å²) in [6.45, 7) is 24.6. The average Bonchev–Trinajstić information content (AvgIpc) is 3.31. The Kier molecular flexibility index (Phi) is 10.7. The zero-order valence-electron chi connectivity index (χ0n) is 44.3. The Bertz CT molecular complexity index is 3310. The van der Waals surface area contributed by atoms with Crippen molar-refractivity contribution in [2.75, 3.05) is 0 Å². The molecule has 5 aromatic rings. The third-order valence-corrected chi connectivity index (χ3v) is 16.8. The maximum Gasteiger partial charge on any atom is 0.261 e. The lowest BCUT2D eigenvalue weighted by Gasteiger charge is -2.37. The van der Waals surface area contributed by atoms with Gasteiger partial charge in [0.2, 0.25) is 0 Å². The predicted octanol–water partition coefficient (Wildman–Crippen LogP) is 13.0. The second-order valence-corrected chi connectivity index (χ2v) is 25.9. The van der Waals surface area contributed by atoms with E-state index in [1.807, 2.05) is 60.7 Å². The molecule has 8 heteroatoms. The number of Topliss-reactive ketones (excluding diaryl/α,β-unsaturated/α-hetero) is 2. The van der Waals surface area contributed by atoms with E-state index in [1.54, 1.807) is 0 Å². The van der Waals surface area contributed by atoms with Gasteiger partial charge in [-0.1, -0.05) is 134 Å². The highest BCUT2D eigenvalue weighted by atomic mass is 16.2. The highest BCUT2D eigenvalue weighted by Gasteiger charge is 2.43. The molecule has 11 rings (SSSR count). The molecular formula is C64H68N2O6. The number of hydrogen-bond donors (Lipinski definition) is 0. The highest BCUT2D eigenvalue weighted by Crippen LogP contribution is 2.48. The van der Waals surface area contributed by atoms with Crippen LogP contribution in [-0.2, 0) is 9.59 Å². The molecule has 0 saturated heterocycles. The third kappa shape index (κ3) is 7.11. The van der Waals surface area contributed by atoms with Crippen molar-refractivity contribution in [2.24, 2.45) is 21.7 Å². The Morgan fingerprint density at radius 2 is 0.653 bits per heavy atom. The number of hydrogen-bond acceptors (Lipinski definition) is 6. The van der Waals surface area contributed by atoms with Crippen molar-refractivity contribution in [3.05, 3.63) is 116 Å². The molecule has 2 fully saturated rings. The lowest BCUT2D eigenvalue weighted by Crippen LogP contribution is -2.48. The normalized spacial score (nSPS) is 20.2. The van der Waals surface area contributed by atoms with Crippen molar-refractivity contribution in [2.45, 2.75) is 159 Å². The van der Waals surface area contributed by atoms with E-state index in [0.717, 1.165) is 118 Å². The van der Waals surface area contributed by atoms with Gasteiger partial charge in [-0.15, -0.1) is 0 Å². The molecule has 4 aliphatic carbocycles. The first-order valence-corrected chi connectivity index (χ1v) is 26.6. The number of fused-ring (bicyclic) bond motifs is 2. The van der Waals surface area contributed by atoms with Crippen LogP contribution < -0.4 is 10.4 Å². The summed E-state index contributed by atoms with van der Waals surface area (Å²) in [6.07, 6.45) is 16.9. The summed E-state index contributed by atoms with van der Waals surface area (Å²) in [5.74, 6) is -1.24. The summed E-state index contributed by atoms with van der Waals surface area (Å²) < 4.78 is 0. The molecular weight excluding hydrogens is 893 g/mol. The molecule has 72 heavy (non-hydrogen) atoms. The van der Waals surface area contributed by atoms with Crippen LogP contribution in [0.2, 0.25) is 0 Å². The van der Waals surface area contributed by atoms with Crippen molar-refractivity contribution in [1.82, 2.24) is 9.80 Å². The van der Waals surface area contributed by atoms with Crippen molar-refractivity contribution in [1.29, 1.82) is 0 Å². The molecule has 0 radical (unpaired) electrons. The van der Waals surface area contributed by atoms with Crippen LogP contribution in [0.5, 0.6) is 0 Å². The minimum Gasteiger partial charge on any atom is -0.289 e. The zero-order chi connectivity index (χ0) is 51.5. The number of imide groups is 2. The topological polar surface area (TPSA) is 109 Å². The number of amides is 4. The minimum absolute atomic E-state index is 0.0101. The van der Waals surface area contributed by atoms with Crippen molar-refractivity contribution in [3.63, 3.8) is 0 Å². The van der Waals surface area contributed by atoms with Gasteiger partial charge in [-0.3, -0.25) is 38.6 Å². The van der Waals surface area contributed by atoms with Gasteiger partial charge in [0.05, 0.1) is 0 Å². The zero-order valence-corrected chi connectivity index (χ0v) is 44.3. The Morgan fingerprint density at radius 1 is 0.361 bits per heavy atom. The molecule has 6 aliphatic rings. The molecule has 2 heterocycles. The first kappa shape index (κ1) is 48.0. The van der Waals surface area contributed by atoms with Gasteiger partial charge in [0.1, 0.15) is 0 Å². The number of benzene rings is 5. The molecule has 0 spiro atoms. The molecule has 2 saturated carbocycles. The fourth-order valence-electron chi connectivity index (χ4n) is 13.1. The van der Waals surface area contributed by atoms with Gasteiger partial charge < -0.3 is 0 Å². The van der Waals surface area contributed by atoms with E-state index in [-0.39, 0.29) is 47.3 Å². The summed E-state index contributed by atoms with van der Waals surface area (Å²) in [5, 5.41) is 7.25. The molecule has 0 bridgehead atoms. The largest absolute Gasteiger partial charge is 0.289 e. The van der Waals surface area contributed by atoms with Crippen molar-refractivity contribution >= 4 is 89.4 Å². The molecule has 0 aromatic heterocycles. The van der Waals surface area contributed by atoms with Gasteiger partial charge in [0.25, 0.3) is 23.6 Å². The molecule has 8 nitrogen and oxygen atoms in total. The van der Waals surface area contributed by atoms with Gasteiger partial charge in [-0.2, -0.15) is 0 Å².